The van der Waals surface area contributed by atoms with Gasteiger partial charge in [-0.1, -0.05) is 53.5 Å². The van der Waals surface area contributed by atoms with Crippen LogP contribution in [-0.4, -0.2) is 31.7 Å². The lowest BCUT2D eigenvalue weighted by Crippen LogP contribution is -2.32. The lowest BCUT2D eigenvalue weighted by molar-refractivity contribution is 0.0523. The summed E-state index contributed by atoms with van der Waals surface area (Å²) in [6.07, 6.45) is 1.39. The van der Waals surface area contributed by atoms with E-state index in [-0.39, 0.29) is 24.6 Å². The first-order valence-corrected chi connectivity index (χ1v) is 14.5. The highest BCUT2D eigenvalue weighted by Crippen LogP contribution is 2.36. The number of benzene rings is 3. The molecule has 1 heterocycles. The van der Waals surface area contributed by atoms with Crippen molar-refractivity contribution < 1.29 is 27.1 Å². The van der Waals surface area contributed by atoms with E-state index in [4.69, 9.17) is 32.7 Å². The van der Waals surface area contributed by atoms with Crippen molar-refractivity contribution in [2.75, 3.05) is 11.3 Å². The van der Waals surface area contributed by atoms with E-state index in [1.807, 2.05) is 24.3 Å². The average Bonchev–Trinajstić information content (AvgIpc) is 3.27. The molecule has 3 N–H and O–H groups in total. The van der Waals surface area contributed by atoms with Gasteiger partial charge in [0.1, 0.15) is 10.5 Å². The highest BCUT2D eigenvalue weighted by Gasteiger charge is 2.24. The highest BCUT2D eigenvalue weighted by molar-refractivity contribution is 7.92. The number of ether oxygens (including phenoxy) is 2. The van der Waals surface area contributed by atoms with E-state index in [9.17, 15) is 13.2 Å². The van der Waals surface area contributed by atoms with Gasteiger partial charge in [-0.25, -0.2) is 17.6 Å². The van der Waals surface area contributed by atoms with Gasteiger partial charge in [-0.05, 0) is 56.2 Å². The number of hydrogen-bond acceptors (Lipinski definition) is 5. The van der Waals surface area contributed by atoms with Gasteiger partial charge in [0.2, 0.25) is 0 Å². The Labute approximate surface area is 241 Å². The largest absolute Gasteiger partial charge is 0.490 e. The van der Waals surface area contributed by atoms with E-state index >= 15 is 4.39 Å². The minimum atomic E-state index is -4.33. The van der Waals surface area contributed by atoms with Crippen molar-refractivity contribution in [2.45, 2.75) is 44.2 Å². The van der Waals surface area contributed by atoms with Gasteiger partial charge >= 0.3 is 6.09 Å². The molecule has 0 atom stereocenters. The third-order valence-electron chi connectivity index (χ3n) is 5.67. The van der Waals surface area contributed by atoms with Gasteiger partial charge in [-0.3, -0.25) is 4.72 Å². The Kier molecular flexibility index (Phi) is 8.82. The van der Waals surface area contributed by atoms with Crippen LogP contribution in [0, 0.1) is 5.82 Å². The maximum atomic E-state index is 15.3. The number of rotatable bonds is 9. The fraction of sp³-hybridized carbons (Fsp3) is 0.250. The molecule has 1 amide bonds. The quantitative estimate of drug-likeness (QED) is 0.189. The number of carbonyl (C=O) groups excluding carboxylic acids is 1. The lowest BCUT2D eigenvalue weighted by Gasteiger charge is -2.19. The molecule has 4 aromatic rings. The van der Waals surface area contributed by atoms with Crippen LogP contribution in [-0.2, 0) is 27.7 Å². The molecule has 1 aromatic heterocycles. The maximum absolute atomic E-state index is 15.3. The van der Waals surface area contributed by atoms with Crippen LogP contribution in [0.2, 0.25) is 10.0 Å². The van der Waals surface area contributed by atoms with E-state index in [0.29, 0.717) is 27.4 Å². The third-order valence-corrected chi connectivity index (χ3v) is 7.67. The highest BCUT2D eigenvalue weighted by atomic mass is 35.5. The van der Waals surface area contributed by atoms with E-state index < -0.39 is 32.4 Å². The van der Waals surface area contributed by atoms with Crippen molar-refractivity contribution in [3.8, 4) is 5.75 Å². The molecule has 0 aliphatic heterocycles. The van der Waals surface area contributed by atoms with Crippen molar-refractivity contribution in [1.29, 1.82) is 0 Å². The molecule has 8 nitrogen and oxygen atoms in total. The van der Waals surface area contributed by atoms with Crippen molar-refractivity contribution >= 4 is 55.9 Å². The smallest absolute Gasteiger partial charge is 0.407 e. The number of anilines is 1. The topological polar surface area (TPSA) is 110 Å². The molecule has 0 radical (unpaired) electrons. The van der Waals surface area contributed by atoms with Gasteiger partial charge in [0.15, 0.2) is 11.6 Å². The van der Waals surface area contributed by atoms with Gasteiger partial charge in [-0.2, -0.15) is 0 Å². The fourth-order valence-corrected chi connectivity index (χ4v) is 5.65. The Balaban J connectivity index is 1.41. The Morgan fingerprint density at radius 2 is 1.75 bits per heavy atom. The van der Waals surface area contributed by atoms with Crippen LogP contribution in [0.3, 0.4) is 0 Å². The molecule has 0 bridgehead atoms. The van der Waals surface area contributed by atoms with E-state index in [1.54, 1.807) is 20.8 Å². The molecule has 4 rings (SSSR count). The second-order valence-electron chi connectivity index (χ2n) is 9.93. The summed E-state index contributed by atoms with van der Waals surface area (Å²) >= 11 is 12.3. The SMILES string of the molecule is CC(C)(C)OC(=O)NCc1cccc(CCOc2cccc(S(=O)(=O)Nc3ccc(Cl)c4c(Cl)c[nH]c34)c2F)c1. The van der Waals surface area contributed by atoms with Crippen molar-refractivity contribution in [3.63, 3.8) is 0 Å². The van der Waals surface area contributed by atoms with E-state index in [2.05, 4.69) is 15.0 Å². The van der Waals surface area contributed by atoms with Crippen LogP contribution in [0.25, 0.3) is 10.9 Å². The Morgan fingerprint density at radius 1 is 1.02 bits per heavy atom. The Bertz CT molecular complexity index is 1650. The Morgan fingerprint density at radius 3 is 2.50 bits per heavy atom. The van der Waals surface area contributed by atoms with Crippen molar-refractivity contribution in [2.24, 2.45) is 0 Å². The number of amides is 1. The van der Waals surface area contributed by atoms with Crippen LogP contribution < -0.4 is 14.8 Å². The van der Waals surface area contributed by atoms with Gasteiger partial charge < -0.3 is 19.8 Å². The molecule has 0 spiro atoms. The predicted octanol–water partition coefficient (Wildman–Crippen LogP) is 7.06. The zero-order chi connectivity index (χ0) is 29.1. The molecule has 212 valence electrons. The molecule has 40 heavy (non-hydrogen) atoms. The predicted molar refractivity (Wildman–Crippen MR) is 154 cm³/mol. The summed E-state index contributed by atoms with van der Waals surface area (Å²) in [4.78, 5) is 14.2. The number of fused-ring (bicyclic) bond motifs is 1. The number of aromatic nitrogens is 1. The average molecular weight is 609 g/mol. The zero-order valence-corrected chi connectivity index (χ0v) is 24.3. The Hall–Kier alpha value is -3.47. The molecular weight excluding hydrogens is 580 g/mol. The molecule has 0 saturated carbocycles. The summed E-state index contributed by atoms with van der Waals surface area (Å²) in [5.74, 6) is -1.21. The number of H-pyrrole nitrogens is 1. The molecular formula is C28H28Cl2FN3O5S. The number of aromatic amines is 1. The number of carbonyl (C=O) groups is 1. The summed E-state index contributed by atoms with van der Waals surface area (Å²) in [5.41, 5.74) is 1.69. The second kappa shape index (κ2) is 12.0. The van der Waals surface area contributed by atoms with E-state index in [0.717, 1.165) is 17.2 Å². The number of sulfonamides is 1. The normalized spacial score (nSPS) is 11.8. The molecule has 0 saturated heterocycles. The van der Waals surface area contributed by atoms with Crippen LogP contribution in [0.15, 0.2) is 65.7 Å². The van der Waals surface area contributed by atoms with Crippen LogP contribution in [0.4, 0.5) is 14.9 Å². The molecule has 12 heteroatoms. The number of hydrogen-bond donors (Lipinski definition) is 3. The lowest BCUT2D eigenvalue weighted by atomic mass is 10.1. The number of alkyl carbamates (subject to hydrolysis) is 1. The second-order valence-corrected chi connectivity index (χ2v) is 12.4. The van der Waals surface area contributed by atoms with Crippen molar-refractivity contribution in [3.05, 3.63) is 87.8 Å². The van der Waals surface area contributed by atoms with Gasteiger partial charge in [0.25, 0.3) is 10.0 Å². The van der Waals surface area contributed by atoms with Crippen LogP contribution in [0.1, 0.15) is 31.9 Å². The summed E-state index contributed by atoms with van der Waals surface area (Å²) in [5, 5.41) is 3.82. The molecule has 3 aromatic carbocycles. The molecule has 0 unspecified atom stereocenters. The van der Waals surface area contributed by atoms with Gasteiger partial charge in [-0.15, -0.1) is 0 Å². The summed E-state index contributed by atoms with van der Waals surface area (Å²) in [7, 11) is -4.33. The molecule has 0 aliphatic rings. The maximum Gasteiger partial charge on any atom is 0.407 e. The van der Waals surface area contributed by atoms with Gasteiger partial charge in [0, 0.05) is 24.5 Å². The first-order chi connectivity index (χ1) is 18.8. The first-order valence-electron chi connectivity index (χ1n) is 12.3. The summed E-state index contributed by atoms with van der Waals surface area (Å²) < 4.78 is 54.7. The van der Waals surface area contributed by atoms with Crippen molar-refractivity contribution in [1.82, 2.24) is 10.3 Å². The van der Waals surface area contributed by atoms with Crippen LogP contribution >= 0.6 is 23.2 Å². The standard InChI is InChI=1S/C28H28Cl2FN3O5S/c1-28(2,3)39-27(35)33-15-18-7-4-6-17(14-18)12-13-38-22-8-5-9-23(25(22)31)40(36,37)34-21-11-10-19(29)24-20(30)16-32-26(21)24/h4-11,14,16,32,34H,12-13,15H2,1-3H3,(H,33,35). The third kappa shape index (κ3) is 7.18. The minimum absolute atomic E-state index is 0.0928. The summed E-state index contributed by atoms with van der Waals surface area (Å²) in [6.45, 7) is 5.73. The summed E-state index contributed by atoms with van der Waals surface area (Å²) in [6, 6.07) is 14.3. The molecule has 0 fully saturated rings. The number of halogens is 3. The number of nitrogens with one attached hydrogen (secondary N) is 3. The van der Waals surface area contributed by atoms with Crippen LogP contribution in [0.5, 0.6) is 5.75 Å². The fourth-order valence-electron chi connectivity index (χ4n) is 3.93. The van der Waals surface area contributed by atoms with Gasteiger partial charge in [0.05, 0.1) is 27.9 Å². The first kappa shape index (κ1) is 29.5. The zero-order valence-electron chi connectivity index (χ0n) is 22.0. The van der Waals surface area contributed by atoms with E-state index in [1.165, 1.54) is 30.5 Å². The minimum Gasteiger partial charge on any atom is -0.490 e. The monoisotopic (exact) mass is 607 g/mol. The molecule has 0 aliphatic carbocycles.